The van der Waals surface area contributed by atoms with Crippen LogP contribution in [0.15, 0.2) is 0 Å². The molecule has 0 amide bonds. The van der Waals surface area contributed by atoms with Crippen molar-refractivity contribution in [2.45, 2.75) is 78.9 Å². The van der Waals surface area contributed by atoms with Crippen LogP contribution in [0.3, 0.4) is 0 Å². The summed E-state index contributed by atoms with van der Waals surface area (Å²) in [4.78, 5) is 0. The van der Waals surface area contributed by atoms with Crippen LogP contribution < -0.4 is 0 Å². The molecule has 6 heteroatoms. The van der Waals surface area contributed by atoms with Crippen LogP contribution in [0.25, 0.3) is 0 Å². The minimum atomic E-state index is -3.87. The Balaban J connectivity index is 5.17. The summed E-state index contributed by atoms with van der Waals surface area (Å²) in [6.07, 6.45) is 2.89. The van der Waals surface area contributed by atoms with Gasteiger partial charge in [0.1, 0.15) is 0 Å². The molecule has 0 aromatic rings. The van der Waals surface area contributed by atoms with Crippen molar-refractivity contribution in [3.05, 3.63) is 0 Å². The van der Waals surface area contributed by atoms with Crippen LogP contribution in [-0.2, 0) is 33.0 Å². The van der Waals surface area contributed by atoms with Crippen molar-refractivity contribution >= 4 is 8.32 Å². The van der Waals surface area contributed by atoms with E-state index in [1.807, 2.05) is 0 Å². The molecule has 0 saturated carbocycles. The fourth-order valence-corrected chi connectivity index (χ4v) is 17.1. The van der Waals surface area contributed by atoms with Crippen molar-refractivity contribution in [3.63, 3.8) is 0 Å². The molecule has 0 heterocycles. The van der Waals surface area contributed by atoms with Crippen LogP contribution in [0.4, 0.5) is 0 Å². The molecule has 4 nitrogen and oxygen atoms in total. The normalized spacial score (nSPS) is 12.9. The Morgan fingerprint density at radius 2 is 0.952 bits per heavy atom. The fraction of sp³-hybridized carbons (Fsp3) is 1.00. The molecule has 0 aromatic heterocycles. The van der Waals surface area contributed by atoms with Gasteiger partial charge < -0.3 is 0 Å². The zero-order valence-corrected chi connectivity index (χ0v) is 18.5. The Hall–Kier alpha value is 0.940. The first-order valence-electron chi connectivity index (χ1n) is 8.69. The first-order valence-corrected chi connectivity index (χ1v) is 15.2. The number of hydrogen-bond donors (Lipinski definition) is 0. The Morgan fingerprint density at radius 3 is 1.19 bits per heavy atom. The molecular weight excluding hydrogens is 363 g/mol. The summed E-state index contributed by atoms with van der Waals surface area (Å²) in [5.74, 6) is 0. The molecule has 0 spiro atoms. The zero-order valence-electron chi connectivity index (χ0n) is 15.0. The van der Waals surface area contributed by atoms with Crippen LogP contribution >= 0.6 is 0 Å². The summed E-state index contributed by atoms with van der Waals surface area (Å²) in [7, 11) is -1.78. The summed E-state index contributed by atoms with van der Waals surface area (Å²) in [5.41, 5.74) is 0. The molecule has 0 fully saturated rings. The van der Waals surface area contributed by atoms with Gasteiger partial charge in [-0.3, -0.25) is 0 Å². The van der Waals surface area contributed by atoms with Gasteiger partial charge in [0, 0.05) is 0 Å². The van der Waals surface area contributed by atoms with E-state index in [-0.39, 0.29) is 0 Å². The summed E-state index contributed by atoms with van der Waals surface area (Å²) >= 11 is -3.87. The Labute approximate surface area is 139 Å². The van der Waals surface area contributed by atoms with E-state index in [1.165, 1.54) is 0 Å². The molecule has 0 radical (unpaired) electrons. The Kier molecular flexibility index (Phi) is 12.9. The first-order chi connectivity index (χ1) is 10.1. The first kappa shape index (κ1) is 21.9. The maximum absolute atomic E-state index is 6.66. The van der Waals surface area contributed by atoms with Crippen molar-refractivity contribution in [1.29, 1.82) is 0 Å². The summed E-state index contributed by atoms with van der Waals surface area (Å²) in [6, 6.07) is 3.29. The second-order valence-corrected chi connectivity index (χ2v) is 16.2. The molecule has 0 aromatic carbocycles. The van der Waals surface area contributed by atoms with E-state index < -0.39 is 30.3 Å². The van der Waals surface area contributed by atoms with Crippen molar-refractivity contribution in [2.24, 2.45) is 0 Å². The molecule has 21 heavy (non-hydrogen) atoms. The van der Waals surface area contributed by atoms with Crippen LogP contribution in [0.5, 0.6) is 0 Å². The second kappa shape index (κ2) is 12.4. The molecule has 0 N–H and O–H groups in total. The van der Waals surface area contributed by atoms with Crippen LogP contribution in [0, 0.1) is 0 Å². The van der Waals surface area contributed by atoms with E-state index >= 15 is 0 Å². The van der Waals surface area contributed by atoms with Gasteiger partial charge in [0.25, 0.3) is 0 Å². The monoisotopic (exact) mass is 398 g/mol. The number of rotatable bonds is 14. The third-order valence-electron chi connectivity index (χ3n) is 3.72. The average Bonchev–Trinajstić information content (AvgIpc) is 2.54. The van der Waals surface area contributed by atoms with Gasteiger partial charge in [0.2, 0.25) is 0 Å². The van der Waals surface area contributed by atoms with E-state index in [0.29, 0.717) is 19.8 Å². The van der Waals surface area contributed by atoms with Crippen LogP contribution in [-0.4, -0.2) is 28.1 Å². The molecule has 0 atom stereocenters. The topological polar surface area (TPSA) is 36.9 Å². The van der Waals surface area contributed by atoms with Crippen molar-refractivity contribution < 1.29 is 33.0 Å². The van der Waals surface area contributed by atoms with E-state index in [4.69, 9.17) is 10.9 Å². The molecule has 0 saturated heterocycles. The van der Waals surface area contributed by atoms with Gasteiger partial charge in [-0.2, -0.15) is 0 Å². The van der Waals surface area contributed by atoms with Crippen molar-refractivity contribution in [3.8, 4) is 0 Å². The number of hydrogen-bond acceptors (Lipinski definition) is 4. The van der Waals surface area contributed by atoms with Gasteiger partial charge in [-0.05, 0) is 0 Å². The maximum atomic E-state index is 6.66. The van der Waals surface area contributed by atoms with Gasteiger partial charge >= 0.3 is 140 Å². The van der Waals surface area contributed by atoms with Gasteiger partial charge in [0.15, 0.2) is 0 Å². The van der Waals surface area contributed by atoms with Gasteiger partial charge in [-0.25, -0.2) is 0 Å². The van der Waals surface area contributed by atoms with E-state index in [2.05, 4.69) is 41.5 Å². The van der Waals surface area contributed by atoms with Crippen LogP contribution in [0.2, 0.25) is 18.1 Å². The molecule has 0 bridgehead atoms. The molecule has 0 aliphatic carbocycles. The standard InChI is InChI=1S/C6H15OSi.3C3H7O.Zr/c1-4-8(7,5-2)6-3;3*1-2-3-4;/h4-6H2,1-3H3;3*2-3H2,1H3;/q4*-1;+4. The van der Waals surface area contributed by atoms with Gasteiger partial charge in [-0.15, -0.1) is 0 Å². The van der Waals surface area contributed by atoms with Crippen LogP contribution in [0.1, 0.15) is 60.8 Å². The second-order valence-electron chi connectivity index (χ2n) is 5.39. The minimum absolute atomic E-state index is 0.672. The van der Waals surface area contributed by atoms with Gasteiger partial charge in [-0.1, -0.05) is 0 Å². The predicted octanol–water partition coefficient (Wildman–Crippen LogP) is 5.10. The van der Waals surface area contributed by atoms with Crippen molar-refractivity contribution in [2.75, 3.05) is 19.8 Å². The van der Waals surface area contributed by atoms with E-state index in [1.54, 1.807) is 0 Å². The SMILES string of the molecule is CCC[O][Zr]([O]CCC)([O]CCC)[O][Si](CC)(CC)CC. The fourth-order valence-electron chi connectivity index (χ4n) is 2.13. The Bertz CT molecular complexity index is 220. The molecule has 0 unspecified atom stereocenters. The molecule has 0 rings (SSSR count). The van der Waals surface area contributed by atoms with E-state index in [0.717, 1.165) is 37.4 Å². The Morgan fingerprint density at radius 1 is 0.619 bits per heavy atom. The average molecular weight is 400 g/mol. The quantitative estimate of drug-likeness (QED) is 0.381. The zero-order chi connectivity index (χ0) is 16.2. The summed E-state index contributed by atoms with van der Waals surface area (Å²) in [6.45, 7) is 15.0. The van der Waals surface area contributed by atoms with Gasteiger partial charge in [0.05, 0.1) is 0 Å². The summed E-state index contributed by atoms with van der Waals surface area (Å²) < 4.78 is 25.0. The third kappa shape index (κ3) is 7.85. The molecular formula is C15H36O4SiZr. The molecule has 128 valence electrons. The predicted molar refractivity (Wildman–Crippen MR) is 87.0 cm³/mol. The van der Waals surface area contributed by atoms with E-state index in [9.17, 15) is 0 Å². The molecule has 0 aliphatic rings. The third-order valence-corrected chi connectivity index (χ3v) is 17.4. The van der Waals surface area contributed by atoms with Crippen molar-refractivity contribution in [1.82, 2.24) is 0 Å². The summed E-state index contributed by atoms with van der Waals surface area (Å²) in [5, 5.41) is 0. The molecule has 0 aliphatic heterocycles.